The van der Waals surface area contributed by atoms with E-state index in [1.807, 2.05) is 0 Å². The Morgan fingerprint density at radius 2 is 2.25 bits per heavy atom. The van der Waals surface area contributed by atoms with Gasteiger partial charge in [0.1, 0.15) is 17.4 Å². The van der Waals surface area contributed by atoms with Crippen molar-refractivity contribution >= 4 is 17.6 Å². The van der Waals surface area contributed by atoms with E-state index in [2.05, 4.69) is 0 Å². The lowest BCUT2D eigenvalue weighted by Gasteiger charge is -2.15. The Balaban J connectivity index is 2.90. The van der Waals surface area contributed by atoms with E-state index >= 15 is 0 Å². The molecule has 0 aliphatic rings. The first-order chi connectivity index (χ1) is 7.54. The number of rotatable bonds is 5. The molecule has 0 spiro atoms. The summed E-state index contributed by atoms with van der Waals surface area (Å²) in [5, 5.41) is 9.33. The highest BCUT2D eigenvalue weighted by atomic mass is 35.5. The van der Waals surface area contributed by atoms with Crippen molar-refractivity contribution in [3.05, 3.63) is 28.8 Å². The van der Waals surface area contributed by atoms with Crippen LogP contribution in [0.4, 0.5) is 0 Å². The average molecular weight is 245 g/mol. The highest BCUT2D eigenvalue weighted by molar-refractivity contribution is 6.31. The van der Waals surface area contributed by atoms with Crippen LogP contribution in [-0.4, -0.2) is 30.9 Å². The van der Waals surface area contributed by atoms with Crippen LogP contribution < -0.4 is 4.74 Å². The molecule has 0 aliphatic carbocycles. The molecule has 4 nitrogen and oxygen atoms in total. The summed E-state index contributed by atoms with van der Waals surface area (Å²) < 4.78 is 10.3. The Hall–Kier alpha value is -1.26. The molecule has 0 aromatic heterocycles. The molecule has 1 aromatic rings. The summed E-state index contributed by atoms with van der Waals surface area (Å²) in [6.07, 6.45) is -0.218. The molecule has 0 fully saturated rings. The van der Waals surface area contributed by atoms with E-state index in [-0.39, 0.29) is 11.7 Å². The SMILES string of the molecule is COCC(C)Oc1ccc(Cl)cc1C(=O)O. The van der Waals surface area contributed by atoms with E-state index in [0.29, 0.717) is 17.4 Å². The van der Waals surface area contributed by atoms with E-state index in [1.54, 1.807) is 20.1 Å². The van der Waals surface area contributed by atoms with Gasteiger partial charge in [-0.15, -0.1) is 0 Å². The summed E-state index contributed by atoms with van der Waals surface area (Å²) in [5.74, 6) is -0.774. The van der Waals surface area contributed by atoms with Crippen molar-refractivity contribution in [1.82, 2.24) is 0 Å². The van der Waals surface area contributed by atoms with Gasteiger partial charge in [-0.2, -0.15) is 0 Å². The Kier molecular flexibility index (Phi) is 4.58. The number of carboxylic acid groups (broad SMARTS) is 1. The number of ether oxygens (including phenoxy) is 2. The van der Waals surface area contributed by atoms with Crippen LogP contribution in [0.2, 0.25) is 5.02 Å². The van der Waals surface area contributed by atoms with Gasteiger partial charge in [-0.25, -0.2) is 4.79 Å². The second-order valence-corrected chi connectivity index (χ2v) is 3.77. The zero-order chi connectivity index (χ0) is 12.1. The standard InChI is InChI=1S/C11H13ClO4/c1-7(6-15-2)16-10-4-3-8(12)5-9(10)11(13)14/h3-5,7H,6H2,1-2H3,(H,13,14). The van der Waals surface area contributed by atoms with Gasteiger partial charge in [-0.05, 0) is 25.1 Å². The monoisotopic (exact) mass is 244 g/mol. The maximum Gasteiger partial charge on any atom is 0.339 e. The second-order valence-electron chi connectivity index (χ2n) is 3.33. The van der Waals surface area contributed by atoms with Crippen LogP contribution >= 0.6 is 11.6 Å². The molecule has 0 saturated heterocycles. The normalized spacial score (nSPS) is 12.2. The zero-order valence-electron chi connectivity index (χ0n) is 9.07. The molecule has 1 unspecified atom stereocenters. The van der Waals surface area contributed by atoms with Crippen LogP contribution in [0.15, 0.2) is 18.2 Å². The van der Waals surface area contributed by atoms with Crippen LogP contribution in [0.3, 0.4) is 0 Å². The lowest BCUT2D eigenvalue weighted by molar-refractivity contribution is 0.0674. The number of hydrogen-bond donors (Lipinski definition) is 1. The topological polar surface area (TPSA) is 55.8 Å². The minimum absolute atomic E-state index is 0.0513. The number of halogens is 1. The van der Waals surface area contributed by atoms with Gasteiger partial charge in [0.05, 0.1) is 6.61 Å². The maximum atomic E-state index is 10.9. The Morgan fingerprint density at radius 3 is 2.81 bits per heavy atom. The first-order valence-corrected chi connectivity index (χ1v) is 5.11. The van der Waals surface area contributed by atoms with E-state index in [4.69, 9.17) is 26.2 Å². The fourth-order valence-electron chi connectivity index (χ4n) is 1.26. The summed E-state index contributed by atoms with van der Waals surface area (Å²) >= 11 is 5.72. The number of carbonyl (C=O) groups is 1. The van der Waals surface area contributed by atoms with E-state index in [1.165, 1.54) is 12.1 Å². The first-order valence-electron chi connectivity index (χ1n) is 4.73. The van der Waals surface area contributed by atoms with Gasteiger partial charge in [0.15, 0.2) is 0 Å². The lowest BCUT2D eigenvalue weighted by Crippen LogP contribution is -2.19. The molecule has 0 radical (unpaired) electrons. The van der Waals surface area contributed by atoms with Gasteiger partial charge in [-0.1, -0.05) is 11.6 Å². The van der Waals surface area contributed by atoms with E-state index < -0.39 is 5.97 Å². The average Bonchev–Trinajstić information content (AvgIpc) is 2.20. The molecule has 1 aromatic carbocycles. The van der Waals surface area contributed by atoms with Crippen molar-refractivity contribution in [2.45, 2.75) is 13.0 Å². The number of hydrogen-bond acceptors (Lipinski definition) is 3. The lowest BCUT2D eigenvalue weighted by atomic mass is 10.2. The molecule has 1 rings (SSSR count). The predicted molar refractivity (Wildman–Crippen MR) is 60.4 cm³/mol. The van der Waals surface area contributed by atoms with Crippen LogP contribution in [0.5, 0.6) is 5.75 Å². The van der Waals surface area contributed by atoms with Gasteiger partial charge < -0.3 is 14.6 Å². The number of aromatic carboxylic acids is 1. The molecule has 0 aliphatic heterocycles. The third kappa shape index (κ3) is 3.40. The molecular formula is C11H13ClO4. The molecule has 0 amide bonds. The molecule has 0 bridgehead atoms. The van der Waals surface area contributed by atoms with Crippen molar-refractivity contribution in [3.8, 4) is 5.75 Å². The first kappa shape index (κ1) is 12.8. The van der Waals surface area contributed by atoms with Crippen LogP contribution in [0.25, 0.3) is 0 Å². The fourth-order valence-corrected chi connectivity index (χ4v) is 1.43. The zero-order valence-corrected chi connectivity index (χ0v) is 9.82. The van der Waals surface area contributed by atoms with Gasteiger partial charge >= 0.3 is 5.97 Å². The summed E-state index contributed by atoms with van der Waals surface area (Å²) in [6, 6.07) is 4.49. The largest absolute Gasteiger partial charge is 0.487 e. The smallest absolute Gasteiger partial charge is 0.339 e. The van der Waals surface area contributed by atoms with Gasteiger partial charge in [0.25, 0.3) is 0 Å². The summed E-state index contributed by atoms with van der Waals surface area (Å²) in [7, 11) is 1.56. The minimum atomic E-state index is -1.07. The molecule has 5 heteroatoms. The highest BCUT2D eigenvalue weighted by Gasteiger charge is 2.14. The van der Waals surface area contributed by atoms with Gasteiger partial charge in [0.2, 0.25) is 0 Å². The van der Waals surface area contributed by atoms with Crippen LogP contribution in [0.1, 0.15) is 17.3 Å². The summed E-state index contributed by atoms with van der Waals surface area (Å²) in [6.45, 7) is 2.19. The van der Waals surface area contributed by atoms with Crippen molar-refractivity contribution < 1.29 is 19.4 Å². The van der Waals surface area contributed by atoms with Crippen LogP contribution in [0, 0.1) is 0 Å². The number of benzene rings is 1. The van der Waals surface area contributed by atoms with E-state index in [9.17, 15) is 4.79 Å². The Bertz CT molecular complexity index is 378. The number of carboxylic acids is 1. The fraction of sp³-hybridized carbons (Fsp3) is 0.364. The molecular weight excluding hydrogens is 232 g/mol. The Morgan fingerprint density at radius 1 is 1.56 bits per heavy atom. The van der Waals surface area contributed by atoms with E-state index in [0.717, 1.165) is 0 Å². The van der Waals surface area contributed by atoms with Crippen molar-refractivity contribution in [3.63, 3.8) is 0 Å². The second kappa shape index (κ2) is 5.72. The number of methoxy groups -OCH3 is 1. The minimum Gasteiger partial charge on any atom is -0.487 e. The van der Waals surface area contributed by atoms with Crippen LogP contribution in [-0.2, 0) is 4.74 Å². The van der Waals surface area contributed by atoms with Crippen molar-refractivity contribution in [2.75, 3.05) is 13.7 Å². The molecule has 16 heavy (non-hydrogen) atoms. The quantitative estimate of drug-likeness (QED) is 0.864. The highest BCUT2D eigenvalue weighted by Crippen LogP contribution is 2.23. The maximum absolute atomic E-state index is 10.9. The van der Waals surface area contributed by atoms with Crippen molar-refractivity contribution in [1.29, 1.82) is 0 Å². The summed E-state index contributed by atoms with van der Waals surface area (Å²) in [4.78, 5) is 10.9. The van der Waals surface area contributed by atoms with Gasteiger partial charge in [-0.3, -0.25) is 0 Å². The Labute approximate surface area is 98.7 Å². The molecule has 88 valence electrons. The molecule has 0 heterocycles. The molecule has 0 saturated carbocycles. The molecule has 1 atom stereocenters. The third-order valence-electron chi connectivity index (χ3n) is 1.90. The van der Waals surface area contributed by atoms with Gasteiger partial charge in [0, 0.05) is 12.1 Å². The predicted octanol–water partition coefficient (Wildman–Crippen LogP) is 2.45. The molecule has 1 N–H and O–H groups in total. The summed E-state index contributed by atoms with van der Waals surface area (Å²) in [5.41, 5.74) is 0.0513. The van der Waals surface area contributed by atoms with Crippen molar-refractivity contribution in [2.24, 2.45) is 0 Å². The third-order valence-corrected chi connectivity index (χ3v) is 2.14.